The fourth-order valence-electron chi connectivity index (χ4n) is 1.58. The maximum absolute atomic E-state index is 11.9. The lowest BCUT2D eigenvalue weighted by molar-refractivity contribution is 0.0880. The number of aliphatic hydroxyl groups is 1. The number of pyridine rings is 1. The highest BCUT2D eigenvalue weighted by Gasteiger charge is 2.26. The number of aliphatic hydroxyl groups excluding tert-OH is 1. The van der Waals surface area contributed by atoms with Gasteiger partial charge in [0.15, 0.2) is 0 Å². The highest BCUT2D eigenvalue weighted by molar-refractivity contribution is 5.92. The van der Waals surface area contributed by atoms with Crippen molar-refractivity contribution in [2.75, 3.05) is 6.61 Å². The second kappa shape index (κ2) is 5.77. The Hall–Kier alpha value is -1.42. The van der Waals surface area contributed by atoms with Gasteiger partial charge in [0.25, 0.3) is 5.91 Å². The van der Waals surface area contributed by atoms with Crippen molar-refractivity contribution in [3.8, 4) is 0 Å². The lowest BCUT2D eigenvalue weighted by Gasteiger charge is -2.31. The van der Waals surface area contributed by atoms with E-state index >= 15 is 0 Å². The molecular weight excluding hydrogens is 216 g/mol. The number of nitrogens with zero attached hydrogens (tertiary/aromatic N) is 1. The van der Waals surface area contributed by atoms with Crippen molar-refractivity contribution in [3.05, 3.63) is 30.1 Å². The predicted molar refractivity (Wildman–Crippen MR) is 66.6 cm³/mol. The van der Waals surface area contributed by atoms with Gasteiger partial charge in [0.1, 0.15) is 5.69 Å². The number of hydrogen-bond donors (Lipinski definition) is 2. The molecule has 1 aromatic heterocycles. The van der Waals surface area contributed by atoms with Gasteiger partial charge in [-0.3, -0.25) is 9.78 Å². The first-order valence-electron chi connectivity index (χ1n) is 5.78. The van der Waals surface area contributed by atoms with Crippen LogP contribution in [0.25, 0.3) is 0 Å². The zero-order valence-electron chi connectivity index (χ0n) is 10.6. The Bertz CT molecular complexity index is 357. The van der Waals surface area contributed by atoms with E-state index in [1.165, 1.54) is 0 Å². The molecule has 0 aliphatic heterocycles. The number of hydrogen-bond acceptors (Lipinski definition) is 3. The first-order valence-corrected chi connectivity index (χ1v) is 5.78. The molecule has 0 fully saturated rings. The summed E-state index contributed by atoms with van der Waals surface area (Å²) in [6.07, 6.45) is 2.13. The zero-order valence-corrected chi connectivity index (χ0v) is 10.6. The maximum atomic E-state index is 11.9. The molecule has 4 heteroatoms. The Morgan fingerprint density at radius 3 is 2.65 bits per heavy atom. The largest absolute Gasteiger partial charge is 0.396 e. The topological polar surface area (TPSA) is 62.2 Å². The minimum Gasteiger partial charge on any atom is -0.396 e. The Kier molecular flexibility index (Phi) is 4.63. The van der Waals surface area contributed by atoms with Crippen molar-refractivity contribution in [1.29, 1.82) is 0 Å². The fraction of sp³-hybridized carbons (Fsp3) is 0.538. The minimum absolute atomic E-state index is 0.0600. The summed E-state index contributed by atoms with van der Waals surface area (Å²) in [5.41, 5.74) is 0.312. The fourth-order valence-corrected chi connectivity index (χ4v) is 1.58. The van der Waals surface area contributed by atoms with Crippen LogP contribution in [0.2, 0.25) is 0 Å². The molecule has 0 aliphatic carbocycles. The van der Waals surface area contributed by atoms with Gasteiger partial charge in [0.2, 0.25) is 0 Å². The van der Waals surface area contributed by atoms with Crippen molar-refractivity contribution in [2.24, 2.45) is 5.41 Å². The van der Waals surface area contributed by atoms with Crippen LogP contribution in [-0.2, 0) is 0 Å². The number of carbonyl (C=O) groups is 1. The molecule has 4 nitrogen and oxygen atoms in total. The standard InChI is InChI=1S/C13H20N2O2/c1-13(2,3)11(7-9-16)15-12(17)10-6-4-5-8-14-10/h4-6,8,11,16H,7,9H2,1-3H3,(H,15,17)/t11-/m0/s1. The second-order valence-corrected chi connectivity index (χ2v) is 5.12. The van der Waals surface area contributed by atoms with Gasteiger partial charge in [-0.05, 0) is 24.0 Å². The van der Waals surface area contributed by atoms with E-state index in [0.29, 0.717) is 12.1 Å². The van der Waals surface area contributed by atoms with Crippen LogP contribution in [-0.4, -0.2) is 28.6 Å². The molecule has 0 bridgehead atoms. The number of carbonyl (C=O) groups excluding carboxylic acids is 1. The summed E-state index contributed by atoms with van der Waals surface area (Å²) in [6.45, 7) is 6.16. The highest BCUT2D eigenvalue weighted by atomic mass is 16.3. The lowest BCUT2D eigenvalue weighted by atomic mass is 9.85. The first kappa shape index (κ1) is 13.6. The zero-order chi connectivity index (χ0) is 12.9. The number of amides is 1. The average Bonchev–Trinajstić information content (AvgIpc) is 2.28. The molecule has 1 amide bonds. The van der Waals surface area contributed by atoms with Crippen LogP contribution < -0.4 is 5.32 Å². The lowest BCUT2D eigenvalue weighted by Crippen LogP contribution is -2.44. The summed E-state index contributed by atoms with van der Waals surface area (Å²) < 4.78 is 0. The minimum atomic E-state index is -0.195. The summed E-state index contributed by atoms with van der Waals surface area (Å²) in [4.78, 5) is 15.9. The van der Waals surface area contributed by atoms with Crippen LogP contribution >= 0.6 is 0 Å². The van der Waals surface area contributed by atoms with Gasteiger partial charge in [0, 0.05) is 18.8 Å². The third-order valence-electron chi connectivity index (χ3n) is 2.67. The third kappa shape index (κ3) is 4.15. The quantitative estimate of drug-likeness (QED) is 0.835. The van der Waals surface area contributed by atoms with Gasteiger partial charge in [-0.15, -0.1) is 0 Å². The van der Waals surface area contributed by atoms with Crippen LogP contribution in [0.3, 0.4) is 0 Å². The molecule has 0 aromatic carbocycles. The van der Waals surface area contributed by atoms with Crippen molar-refractivity contribution >= 4 is 5.91 Å². The average molecular weight is 236 g/mol. The molecular formula is C13H20N2O2. The molecule has 0 radical (unpaired) electrons. The SMILES string of the molecule is CC(C)(C)[C@H](CCO)NC(=O)c1ccccn1. The van der Waals surface area contributed by atoms with Crippen LogP contribution in [0.5, 0.6) is 0 Å². The second-order valence-electron chi connectivity index (χ2n) is 5.12. The smallest absolute Gasteiger partial charge is 0.270 e. The number of rotatable bonds is 4. The van der Waals surface area contributed by atoms with Gasteiger partial charge in [-0.1, -0.05) is 26.8 Å². The molecule has 1 heterocycles. The Balaban J connectivity index is 2.71. The van der Waals surface area contributed by atoms with E-state index in [1.54, 1.807) is 24.4 Å². The monoisotopic (exact) mass is 236 g/mol. The van der Waals surface area contributed by atoms with E-state index in [0.717, 1.165) is 0 Å². The van der Waals surface area contributed by atoms with E-state index in [4.69, 9.17) is 5.11 Å². The molecule has 0 unspecified atom stereocenters. The van der Waals surface area contributed by atoms with E-state index in [9.17, 15) is 4.79 Å². The van der Waals surface area contributed by atoms with Gasteiger partial charge in [-0.2, -0.15) is 0 Å². The maximum Gasteiger partial charge on any atom is 0.270 e. The van der Waals surface area contributed by atoms with Crippen LogP contribution in [0.1, 0.15) is 37.7 Å². The Labute approximate surface area is 102 Å². The Morgan fingerprint density at radius 1 is 1.47 bits per heavy atom. The van der Waals surface area contributed by atoms with E-state index in [2.05, 4.69) is 10.3 Å². The summed E-state index contributed by atoms with van der Waals surface area (Å²) >= 11 is 0. The molecule has 0 aliphatic rings. The summed E-state index contributed by atoms with van der Waals surface area (Å²) in [6, 6.07) is 5.15. The molecule has 94 valence electrons. The molecule has 1 aromatic rings. The first-order chi connectivity index (χ1) is 7.95. The van der Waals surface area contributed by atoms with E-state index in [-0.39, 0.29) is 24.0 Å². The van der Waals surface area contributed by atoms with Crippen LogP contribution in [0.15, 0.2) is 24.4 Å². The van der Waals surface area contributed by atoms with Crippen molar-refractivity contribution < 1.29 is 9.90 Å². The number of nitrogens with one attached hydrogen (secondary N) is 1. The normalized spacial score (nSPS) is 13.2. The molecule has 17 heavy (non-hydrogen) atoms. The van der Waals surface area contributed by atoms with Crippen molar-refractivity contribution in [3.63, 3.8) is 0 Å². The summed E-state index contributed by atoms with van der Waals surface area (Å²) in [7, 11) is 0. The highest BCUT2D eigenvalue weighted by Crippen LogP contribution is 2.21. The van der Waals surface area contributed by atoms with Crippen LogP contribution in [0, 0.1) is 5.41 Å². The molecule has 1 rings (SSSR count). The summed E-state index contributed by atoms with van der Waals surface area (Å²) in [5, 5.41) is 11.9. The van der Waals surface area contributed by atoms with Gasteiger partial charge in [-0.25, -0.2) is 0 Å². The van der Waals surface area contributed by atoms with Crippen LogP contribution in [0.4, 0.5) is 0 Å². The Morgan fingerprint density at radius 2 is 2.18 bits per heavy atom. The third-order valence-corrected chi connectivity index (χ3v) is 2.67. The predicted octanol–water partition coefficient (Wildman–Crippen LogP) is 1.61. The van der Waals surface area contributed by atoms with Crippen molar-refractivity contribution in [2.45, 2.75) is 33.2 Å². The number of aromatic nitrogens is 1. The molecule has 0 spiro atoms. The van der Waals surface area contributed by atoms with E-state index in [1.807, 2.05) is 20.8 Å². The van der Waals surface area contributed by atoms with Gasteiger partial charge < -0.3 is 10.4 Å². The van der Waals surface area contributed by atoms with Crippen molar-refractivity contribution in [1.82, 2.24) is 10.3 Å². The van der Waals surface area contributed by atoms with Gasteiger partial charge >= 0.3 is 0 Å². The molecule has 0 saturated heterocycles. The molecule has 2 N–H and O–H groups in total. The molecule has 0 saturated carbocycles. The summed E-state index contributed by atoms with van der Waals surface area (Å²) in [5.74, 6) is -0.195. The molecule has 1 atom stereocenters. The van der Waals surface area contributed by atoms with E-state index < -0.39 is 0 Å². The van der Waals surface area contributed by atoms with Gasteiger partial charge in [0.05, 0.1) is 0 Å².